The highest BCUT2D eigenvalue weighted by atomic mass is 19.1. The summed E-state index contributed by atoms with van der Waals surface area (Å²) in [7, 11) is 1.28. The third-order valence-electron chi connectivity index (χ3n) is 4.38. The van der Waals surface area contributed by atoms with E-state index < -0.39 is 35.5 Å². The number of hydrogen-bond acceptors (Lipinski definition) is 4. The van der Waals surface area contributed by atoms with Crippen LogP contribution in [0.5, 0.6) is 5.75 Å². The number of amides is 3. The van der Waals surface area contributed by atoms with Crippen molar-refractivity contribution < 1.29 is 23.1 Å². The van der Waals surface area contributed by atoms with Crippen LogP contribution in [0.1, 0.15) is 17.0 Å². The van der Waals surface area contributed by atoms with E-state index in [2.05, 4.69) is 16.0 Å². The van der Waals surface area contributed by atoms with E-state index in [4.69, 9.17) is 10.00 Å². The molecule has 2 atom stereocenters. The van der Waals surface area contributed by atoms with E-state index in [9.17, 15) is 18.4 Å². The minimum Gasteiger partial charge on any atom is -0.497 e. The van der Waals surface area contributed by atoms with Crippen LogP contribution in [0.3, 0.4) is 0 Å². The molecule has 1 aliphatic heterocycles. The Morgan fingerprint density at radius 3 is 2.64 bits per heavy atom. The molecule has 1 fully saturated rings. The first-order valence-corrected chi connectivity index (χ1v) is 8.31. The molecule has 0 spiro atoms. The molecule has 3 N–H and O–H groups in total. The smallest absolute Gasteiger partial charge is 0.319 e. The maximum Gasteiger partial charge on any atom is 0.319 e. The van der Waals surface area contributed by atoms with Gasteiger partial charge in [-0.1, -0.05) is 6.07 Å². The number of benzene rings is 2. The Kier molecular flexibility index (Phi) is 5.40. The first-order valence-electron chi connectivity index (χ1n) is 8.31. The van der Waals surface area contributed by atoms with E-state index >= 15 is 0 Å². The SMILES string of the molecule is COc1cc(F)c(C2CNC(=O)C2NC(=O)Nc2cccc(C#N)c2)c(F)c1. The standard InChI is InChI=1S/C19H16F2N4O3/c1-28-12-6-14(20)16(15(21)7-12)13-9-23-18(26)17(13)25-19(27)24-11-4-2-3-10(5-11)8-22/h2-7,13,17H,9H2,1H3,(H,23,26)(H2,24,25,27). The van der Waals surface area contributed by atoms with Crippen LogP contribution in [0.15, 0.2) is 36.4 Å². The molecule has 1 aliphatic rings. The summed E-state index contributed by atoms with van der Waals surface area (Å²) < 4.78 is 33.6. The Bertz CT molecular complexity index is 951. The van der Waals surface area contributed by atoms with Crippen molar-refractivity contribution in [3.05, 3.63) is 59.2 Å². The summed E-state index contributed by atoms with van der Waals surface area (Å²) in [4.78, 5) is 24.4. The van der Waals surface area contributed by atoms with Gasteiger partial charge in [-0.25, -0.2) is 13.6 Å². The summed E-state index contributed by atoms with van der Waals surface area (Å²) in [6.07, 6.45) is 0. The first-order chi connectivity index (χ1) is 13.4. The number of anilines is 1. The third-order valence-corrected chi connectivity index (χ3v) is 4.38. The Morgan fingerprint density at radius 1 is 1.29 bits per heavy atom. The molecule has 0 aliphatic carbocycles. The molecule has 0 bridgehead atoms. The zero-order valence-corrected chi connectivity index (χ0v) is 14.8. The lowest BCUT2D eigenvalue weighted by molar-refractivity contribution is -0.120. The second-order valence-electron chi connectivity index (χ2n) is 6.13. The topological polar surface area (TPSA) is 103 Å². The number of hydrogen-bond donors (Lipinski definition) is 3. The molecule has 1 heterocycles. The average molecular weight is 386 g/mol. The van der Waals surface area contributed by atoms with Gasteiger partial charge in [-0.2, -0.15) is 5.26 Å². The summed E-state index contributed by atoms with van der Waals surface area (Å²) in [6.45, 7) is -0.0339. The molecule has 144 valence electrons. The van der Waals surface area contributed by atoms with Gasteiger partial charge in [-0.05, 0) is 18.2 Å². The highest BCUT2D eigenvalue weighted by Gasteiger charge is 2.40. The maximum absolute atomic E-state index is 14.4. The highest BCUT2D eigenvalue weighted by Crippen LogP contribution is 2.31. The Balaban J connectivity index is 1.79. The lowest BCUT2D eigenvalue weighted by atomic mass is 9.93. The van der Waals surface area contributed by atoms with Gasteiger partial charge in [0.1, 0.15) is 23.4 Å². The predicted molar refractivity (Wildman–Crippen MR) is 95.8 cm³/mol. The predicted octanol–water partition coefficient (Wildman–Crippen LogP) is 2.25. The van der Waals surface area contributed by atoms with Gasteiger partial charge >= 0.3 is 6.03 Å². The van der Waals surface area contributed by atoms with Crippen LogP contribution in [-0.4, -0.2) is 31.6 Å². The van der Waals surface area contributed by atoms with E-state index in [-0.39, 0.29) is 17.9 Å². The summed E-state index contributed by atoms with van der Waals surface area (Å²) in [5.41, 5.74) is 0.376. The number of halogens is 2. The van der Waals surface area contributed by atoms with Crippen molar-refractivity contribution in [2.45, 2.75) is 12.0 Å². The van der Waals surface area contributed by atoms with Crippen molar-refractivity contribution in [2.24, 2.45) is 0 Å². The molecule has 2 unspecified atom stereocenters. The van der Waals surface area contributed by atoms with E-state index in [1.54, 1.807) is 18.2 Å². The second kappa shape index (κ2) is 7.92. The number of nitrogens with one attached hydrogen (secondary N) is 3. The number of carbonyl (C=O) groups is 2. The molecule has 0 aromatic heterocycles. The van der Waals surface area contributed by atoms with Gasteiger partial charge in [0.15, 0.2) is 0 Å². The molecule has 2 aromatic rings. The number of nitrogens with zero attached hydrogens (tertiary/aromatic N) is 1. The minimum atomic E-state index is -1.17. The molecular weight excluding hydrogens is 370 g/mol. The van der Waals surface area contributed by atoms with Crippen LogP contribution in [-0.2, 0) is 4.79 Å². The largest absolute Gasteiger partial charge is 0.497 e. The van der Waals surface area contributed by atoms with Crippen LogP contribution < -0.4 is 20.7 Å². The molecule has 0 saturated carbocycles. The van der Waals surface area contributed by atoms with Gasteiger partial charge in [-0.3, -0.25) is 4.79 Å². The Hall–Kier alpha value is -3.67. The van der Waals surface area contributed by atoms with Crippen molar-refractivity contribution >= 4 is 17.6 Å². The van der Waals surface area contributed by atoms with Crippen molar-refractivity contribution in [3.8, 4) is 11.8 Å². The fourth-order valence-corrected chi connectivity index (χ4v) is 3.06. The lowest BCUT2D eigenvalue weighted by Crippen LogP contribution is -2.45. The summed E-state index contributed by atoms with van der Waals surface area (Å²) >= 11 is 0. The normalized spacial score (nSPS) is 18.1. The summed E-state index contributed by atoms with van der Waals surface area (Å²) in [6, 6.07) is 8.24. The maximum atomic E-state index is 14.4. The molecule has 0 radical (unpaired) electrons. The number of urea groups is 1. The second-order valence-corrected chi connectivity index (χ2v) is 6.13. The molecule has 3 amide bonds. The molecule has 3 rings (SSSR count). The van der Waals surface area contributed by atoms with Crippen LogP contribution in [0.25, 0.3) is 0 Å². The zero-order valence-electron chi connectivity index (χ0n) is 14.8. The molecule has 1 saturated heterocycles. The van der Waals surface area contributed by atoms with Gasteiger partial charge in [0.2, 0.25) is 5.91 Å². The quantitative estimate of drug-likeness (QED) is 0.750. The van der Waals surface area contributed by atoms with Gasteiger partial charge < -0.3 is 20.7 Å². The molecule has 7 nitrogen and oxygen atoms in total. The first kappa shape index (κ1) is 19.1. The number of nitriles is 1. The minimum absolute atomic E-state index is 0.00987. The van der Waals surface area contributed by atoms with Gasteiger partial charge in [0, 0.05) is 35.8 Å². The molecule has 9 heteroatoms. The number of rotatable bonds is 4. The monoisotopic (exact) mass is 386 g/mol. The van der Waals surface area contributed by atoms with Crippen LogP contribution in [0.2, 0.25) is 0 Å². The molecular formula is C19H16F2N4O3. The molecule has 2 aromatic carbocycles. The Morgan fingerprint density at radius 2 is 2.00 bits per heavy atom. The number of ether oxygens (including phenoxy) is 1. The Labute approximate surface area is 159 Å². The van der Waals surface area contributed by atoms with E-state index in [1.165, 1.54) is 13.2 Å². The van der Waals surface area contributed by atoms with Gasteiger partial charge in [0.25, 0.3) is 0 Å². The van der Waals surface area contributed by atoms with E-state index in [0.717, 1.165) is 12.1 Å². The van der Waals surface area contributed by atoms with Gasteiger partial charge in [0.05, 0.1) is 18.7 Å². The zero-order chi connectivity index (χ0) is 20.3. The van der Waals surface area contributed by atoms with E-state index in [0.29, 0.717) is 11.3 Å². The van der Waals surface area contributed by atoms with Crippen molar-refractivity contribution in [1.29, 1.82) is 5.26 Å². The summed E-state index contributed by atoms with van der Waals surface area (Å²) in [5.74, 6) is -3.22. The van der Waals surface area contributed by atoms with E-state index in [1.807, 2.05) is 6.07 Å². The third kappa shape index (κ3) is 3.86. The summed E-state index contributed by atoms with van der Waals surface area (Å²) in [5, 5.41) is 16.3. The number of carbonyl (C=O) groups excluding carboxylic acids is 2. The van der Waals surface area contributed by atoms with Crippen molar-refractivity contribution in [1.82, 2.24) is 10.6 Å². The van der Waals surface area contributed by atoms with Crippen molar-refractivity contribution in [2.75, 3.05) is 19.0 Å². The average Bonchev–Trinajstić information content (AvgIpc) is 3.01. The van der Waals surface area contributed by atoms with Crippen LogP contribution in [0, 0.1) is 23.0 Å². The fraction of sp³-hybridized carbons (Fsp3) is 0.211. The lowest BCUT2D eigenvalue weighted by Gasteiger charge is -2.20. The van der Waals surface area contributed by atoms with Crippen LogP contribution in [0.4, 0.5) is 19.3 Å². The highest BCUT2D eigenvalue weighted by molar-refractivity contribution is 5.95. The van der Waals surface area contributed by atoms with Gasteiger partial charge in [-0.15, -0.1) is 0 Å². The van der Waals surface area contributed by atoms with Crippen LogP contribution >= 0.6 is 0 Å². The molecule has 28 heavy (non-hydrogen) atoms. The van der Waals surface area contributed by atoms with Crippen molar-refractivity contribution in [3.63, 3.8) is 0 Å². The fourth-order valence-electron chi connectivity index (χ4n) is 3.06. The number of methoxy groups -OCH3 is 1.